The Hall–Kier alpha value is -1.31. The molecule has 1 N–H and O–H groups in total. The standard InChI is InChI=1S/C14H22F3NO4/c1-22-9-3-6-13(12(20)21)5-2-8-18(10-13)11(19)4-7-14(15,16)17/h2-10H2,1H3,(H,20,21)/t13-/m1/s1. The minimum Gasteiger partial charge on any atom is -0.481 e. The third-order valence-corrected chi connectivity index (χ3v) is 4.01. The lowest BCUT2D eigenvalue weighted by molar-refractivity contribution is -0.159. The average molecular weight is 325 g/mol. The van der Waals surface area contributed by atoms with Crippen LogP contribution >= 0.6 is 0 Å². The second kappa shape index (κ2) is 7.80. The van der Waals surface area contributed by atoms with Crippen LogP contribution < -0.4 is 0 Å². The van der Waals surface area contributed by atoms with Gasteiger partial charge < -0.3 is 14.7 Å². The quantitative estimate of drug-likeness (QED) is 0.730. The van der Waals surface area contributed by atoms with Crippen molar-refractivity contribution < 1.29 is 32.6 Å². The molecule has 128 valence electrons. The number of carboxylic acids is 1. The monoisotopic (exact) mass is 325 g/mol. The maximum Gasteiger partial charge on any atom is 0.389 e. The number of carboxylic acid groups (broad SMARTS) is 1. The number of carbonyl (C=O) groups is 2. The van der Waals surface area contributed by atoms with Crippen LogP contribution in [0.2, 0.25) is 0 Å². The zero-order valence-corrected chi connectivity index (χ0v) is 12.6. The molecule has 1 rings (SSSR count). The molecular formula is C14H22F3NO4. The highest BCUT2D eigenvalue weighted by Gasteiger charge is 2.43. The SMILES string of the molecule is COCCC[C@]1(C(=O)O)CCCN(C(=O)CCC(F)(F)F)C1. The lowest BCUT2D eigenvalue weighted by atomic mass is 9.76. The molecule has 1 saturated heterocycles. The predicted molar refractivity (Wildman–Crippen MR) is 72.3 cm³/mol. The van der Waals surface area contributed by atoms with Crippen LogP contribution in [0.1, 0.15) is 38.5 Å². The maximum absolute atomic E-state index is 12.2. The summed E-state index contributed by atoms with van der Waals surface area (Å²) in [6.45, 7) is 0.704. The van der Waals surface area contributed by atoms with Crippen molar-refractivity contribution in [1.29, 1.82) is 0 Å². The van der Waals surface area contributed by atoms with Crippen LogP contribution in [0.3, 0.4) is 0 Å². The van der Waals surface area contributed by atoms with E-state index in [2.05, 4.69) is 0 Å². The highest BCUT2D eigenvalue weighted by Crippen LogP contribution is 2.35. The van der Waals surface area contributed by atoms with Crippen molar-refractivity contribution >= 4 is 11.9 Å². The van der Waals surface area contributed by atoms with Crippen LogP contribution in [-0.4, -0.2) is 54.9 Å². The average Bonchev–Trinajstić information content (AvgIpc) is 2.44. The van der Waals surface area contributed by atoms with E-state index in [9.17, 15) is 27.9 Å². The second-order valence-corrected chi connectivity index (χ2v) is 5.72. The molecule has 22 heavy (non-hydrogen) atoms. The fraction of sp³-hybridized carbons (Fsp3) is 0.857. The van der Waals surface area contributed by atoms with Crippen molar-refractivity contribution in [3.8, 4) is 0 Å². The third-order valence-electron chi connectivity index (χ3n) is 4.01. The van der Waals surface area contributed by atoms with E-state index < -0.39 is 36.3 Å². The normalized spacial score (nSPS) is 22.6. The molecule has 1 aliphatic heterocycles. The van der Waals surface area contributed by atoms with Gasteiger partial charge in [-0.25, -0.2) is 0 Å². The van der Waals surface area contributed by atoms with Gasteiger partial charge in [-0.1, -0.05) is 0 Å². The molecule has 0 aromatic rings. The summed E-state index contributed by atoms with van der Waals surface area (Å²) >= 11 is 0. The number of methoxy groups -OCH3 is 1. The fourth-order valence-electron chi connectivity index (χ4n) is 2.79. The van der Waals surface area contributed by atoms with Crippen LogP contribution in [0.4, 0.5) is 13.2 Å². The van der Waals surface area contributed by atoms with E-state index in [0.29, 0.717) is 38.8 Å². The number of alkyl halides is 3. The summed E-state index contributed by atoms with van der Waals surface area (Å²) in [5.74, 6) is -1.63. The zero-order valence-electron chi connectivity index (χ0n) is 12.6. The first-order valence-corrected chi connectivity index (χ1v) is 7.27. The number of hydrogen-bond acceptors (Lipinski definition) is 3. The maximum atomic E-state index is 12.2. The topological polar surface area (TPSA) is 66.8 Å². The van der Waals surface area contributed by atoms with Gasteiger partial charge in [0.25, 0.3) is 0 Å². The molecule has 0 aromatic carbocycles. The molecule has 1 fully saturated rings. The van der Waals surface area contributed by atoms with E-state index in [1.165, 1.54) is 12.0 Å². The van der Waals surface area contributed by atoms with Crippen LogP contribution in [0, 0.1) is 5.41 Å². The molecule has 5 nitrogen and oxygen atoms in total. The van der Waals surface area contributed by atoms with E-state index in [-0.39, 0.29) is 6.54 Å². The van der Waals surface area contributed by atoms with Gasteiger partial charge >= 0.3 is 12.1 Å². The summed E-state index contributed by atoms with van der Waals surface area (Å²) < 4.78 is 41.5. The van der Waals surface area contributed by atoms with Gasteiger partial charge in [-0.2, -0.15) is 13.2 Å². The number of amides is 1. The number of aliphatic carboxylic acids is 1. The van der Waals surface area contributed by atoms with E-state index in [1.54, 1.807) is 0 Å². The van der Waals surface area contributed by atoms with Gasteiger partial charge in [0, 0.05) is 33.2 Å². The molecule has 1 amide bonds. The summed E-state index contributed by atoms with van der Waals surface area (Å²) in [6, 6.07) is 0. The van der Waals surface area contributed by atoms with E-state index in [4.69, 9.17) is 4.74 Å². The lowest BCUT2D eigenvalue weighted by Crippen LogP contribution is -2.50. The Kier molecular flexibility index (Phi) is 6.65. The highest BCUT2D eigenvalue weighted by atomic mass is 19.4. The van der Waals surface area contributed by atoms with Gasteiger partial charge in [0.15, 0.2) is 0 Å². The van der Waals surface area contributed by atoms with Crippen LogP contribution in [0.25, 0.3) is 0 Å². The van der Waals surface area contributed by atoms with Crippen molar-refractivity contribution in [3.05, 3.63) is 0 Å². The van der Waals surface area contributed by atoms with E-state index >= 15 is 0 Å². The Bertz CT molecular complexity index is 400. The minimum atomic E-state index is -4.38. The number of likely N-dealkylation sites (tertiary alicyclic amines) is 1. The molecular weight excluding hydrogens is 303 g/mol. The first-order valence-electron chi connectivity index (χ1n) is 7.27. The molecule has 0 saturated carbocycles. The highest BCUT2D eigenvalue weighted by molar-refractivity contribution is 5.79. The smallest absolute Gasteiger partial charge is 0.389 e. The Balaban J connectivity index is 2.67. The largest absolute Gasteiger partial charge is 0.481 e. The van der Waals surface area contributed by atoms with Crippen molar-refractivity contribution in [1.82, 2.24) is 4.90 Å². The molecule has 1 atom stereocenters. The molecule has 0 unspecified atom stereocenters. The molecule has 8 heteroatoms. The fourth-order valence-corrected chi connectivity index (χ4v) is 2.79. The Morgan fingerprint density at radius 3 is 2.59 bits per heavy atom. The number of hydrogen-bond donors (Lipinski definition) is 1. The number of ether oxygens (including phenoxy) is 1. The molecule has 0 aromatic heterocycles. The zero-order chi connectivity index (χ0) is 16.8. The third kappa shape index (κ3) is 5.47. The van der Waals surface area contributed by atoms with Gasteiger partial charge in [0.05, 0.1) is 11.8 Å². The number of piperidine rings is 1. The van der Waals surface area contributed by atoms with Gasteiger partial charge in [-0.15, -0.1) is 0 Å². The first kappa shape index (κ1) is 18.7. The van der Waals surface area contributed by atoms with Crippen LogP contribution in [0.5, 0.6) is 0 Å². The van der Waals surface area contributed by atoms with E-state index in [0.717, 1.165) is 0 Å². The van der Waals surface area contributed by atoms with Crippen molar-refractivity contribution in [2.45, 2.75) is 44.7 Å². The summed E-state index contributed by atoms with van der Waals surface area (Å²) in [7, 11) is 1.52. The summed E-state index contributed by atoms with van der Waals surface area (Å²) in [4.78, 5) is 24.8. The minimum absolute atomic E-state index is 0.0251. The molecule has 0 radical (unpaired) electrons. The first-order chi connectivity index (χ1) is 10.2. The summed E-state index contributed by atoms with van der Waals surface area (Å²) in [5, 5.41) is 9.49. The van der Waals surface area contributed by atoms with Gasteiger partial charge in [0.1, 0.15) is 0 Å². The lowest BCUT2D eigenvalue weighted by Gasteiger charge is -2.40. The van der Waals surface area contributed by atoms with Crippen LogP contribution in [0.15, 0.2) is 0 Å². The summed E-state index contributed by atoms with van der Waals surface area (Å²) in [6.07, 6.45) is -4.39. The van der Waals surface area contributed by atoms with Gasteiger partial charge in [-0.3, -0.25) is 9.59 Å². The Morgan fingerprint density at radius 1 is 1.36 bits per heavy atom. The van der Waals surface area contributed by atoms with E-state index in [1.807, 2.05) is 0 Å². The van der Waals surface area contributed by atoms with Crippen LogP contribution in [-0.2, 0) is 14.3 Å². The molecule has 0 bridgehead atoms. The molecule has 0 aliphatic carbocycles. The Morgan fingerprint density at radius 2 is 2.05 bits per heavy atom. The summed E-state index contributed by atoms with van der Waals surface area (Å²) in [5.41, 5.74) is -1.08. The number of nitrogens with zero attached hydrogens (tertiary/aromatic N) is 1. The van der Waals surface area contributed by atoms with Crippen molar-refractivity contribution in [3.63, 3.8) is 0 Å². The Labute approximate surface area is 127 Å². The van der Waals surface area contributed by atoms with Crippen molar-refractivity contribution in [2.75, 3.05) is 26.8 Å². The van der Waals surface area contributed by atoms with Gasteiger partial charge in [0.2, 0.25) is 5.91 Å². The molecule has 1 heterocycles. The predicted octanol–water partition coefficient (Wildman–Crippen LogP) is 2.45. The number of rotatable bonds is 7. The number of halogens is 3. The molecule has 1 aliphatic rings. The second-order valence-electron chi connectivity index (χ2n) is 5.72. The van der Waals surface area contributed by atoms with Crippen molar-refractivity contribution in [2.24, 2.45) is 5.41 Å². The van der Waals surface area contributed by atoms with Gasteiger partial charge in [-0.05, 0) is 25.7 Å². The molecule has 0 spiro atoms. The number of carbonyl (C=O) groups excluding carboxylic acids is 1.